The van der Waals surface area contributed by atoms with E-state index in [0.29, 0.717) is 12.4 Å². The summed E-state index contributed by atoms with van der Waals surface area (Å²) in [5, 5.41) is 11.0. The van der Waals surface area contributed by atoms with Crippen LogP contribution in [0.15, 0.2) is 42.5 Å². The second-order valence-electron chi connectivity index (χ2n) is 6.69. The molecule has 0 heterocycles. The number of amides is 1. The average Bonchev–Trinajstić information content (AvgIpc) is 2.73. The lowest BCUT2D eigenvalue weighted by atomic mass is 10.1. The van der Waals surface area contributed by atoms with Crippen LogP contribution in [0.5, 0.6) is 5.75 Å². The van der Waals surface area contributed by atoms with E-state index in [-0.39, 0.29) is 25.8 Å². The van der Waals surface area contributed by atoms with E-state index >= 15 is 0 Å². The largest absolute Gasteiger partial charge is 0.487 e. The predicted octanol–water partition coefficient (Wildman–Crippen LogP) is 7.79. The van der Waals surface area contributed by atoms with Crippen molar-refractivity contribution in [3.05, 3.63) is 89.8 Å². The standard InChI is InChI=1S/C22H14Cl5NO4/c1-10-3-2-4-11(7-10)9-32-14-6-5-12(8-13(14)23)28-21(29)15-16(22(30)31)18(25)20(27)19(26)17(15)24/h2-8H,9H2,1H3,(H,28,29)(H,30,31). The highest BCUT2D eigenvalue weighted by atomic mass is 35.5. The van der Waals surface area contributed by atoms with Gasteiger partial charge in [-0.05, 0) is 30.7 Å². The Kier molecular flexibility index (Phi) is 7.80. The number of anilines is 1. The summed E-state index contributed by atoms with van der Waals surface area (Å²) in [6, 6.07) is 12.4. The summed E-state index contributed by atoms with van der Waals surface area (Å²) >= 11 is 30.3. The second kappa shape index (κ2) is 10.2. The Morgan fingerprint density at radius 2 is 1.56 bits per heavy atom. The Bertz CT molecular complexity index is 1230. The number of halogens is 5. The lowest BCUT2D eigenvalue weighted by Crippen LogP contribution is -2.18. The molecule has 3 aromatic carbocycles. The zero-order valence-electron chi connectivity index (χ0n) is 16.3. The maximum absolute atomic E-state index is 12.8. The van der Waals surface area contributed by atoms with Gasteiger partial charge in [-0.1, -0.05) is 87.8 Å². The van der Waals surface area contributed by atoms with Crippen molar-refractivity contribution in [2.45, 2.75) is 13.5 Å². The molecule has 0 aliphatic carbocycles. The molecule has 32 heavy (non-hydrogen) atoms. The average molecular weight is 534 g/mol. The van der Waals surface area contributed by atoms with E-state index < -0.39 is 28.0 Å². The van der Waals surface area contributed by atoms with Crippen LogP contribution < -0.4 is 10.1 Å². The topological polar surface area (TPSA) is 75.6 Å². The molecule has 0 aliphatic rings. The molecule has 0 radical (unpaired) electrons. The maximum atomic E-state index is 12.8. The van der Waals surface area contributed by atoms with Gasteiger partial charge in [-0.2, -0.15) is 0 Å². The first-order valence-electron chi connectivity index (χ1n) is 8.98. The van der Waals surface area contributed by atoms with Gasteiger partial charge in [-0.15, -0.1) is 0 Å². The van der Waals surface area contributed by atoms with E-state index in [1.54, 1.807) is 12.1 Å². The molecule has 166 valence electrons. The van der Waals surface area contributed by atoms with Gasteiger partial charge in [0.05, 0.1) is 36.2 Å². The van der Waals surface area contributed by atoms with Gasteiger partial charge in [-0.3, -0.25) is 4.79 Å². The van der Waals surface area contributed by atoms with Gasteiger partial charge >= 0.3 is 5.97 Å². The van der Waals surface area contributed by atoms with Gasteiger partial charge in [-0.25, -0.2) is 4.79 Å². The van der Waals surface area contributed by atoms with Crippen molar-refractivity contribution in [2.24, 2.45) is 0 Å². The first-order valence-corrected chi connectivity index (χ1v) is 10.9. The number of nitrogens with one attached hydrogen (secondary N) is 1. The van der Waals surface area contributed by atoms with Crippen molar-refractivity contribution in [3.8, 4) is 5.75 Å². The Morgan fingerprint density at radius 3 is 2.16 bits per heavy atom. The first-order chi connectivity index (χ1) is 15.1. The fourth-order valence-electron chi connectivity index (χ4n) is 2.90. The third kappa shape index (κ3) is 5.25. The first kappa shape index (κ1) is 24.5. The number of hydrogen-bond donors (Lipinski definition) is 2. The molecule has 5 nitrogen and oxygen atoms in total. The van der Waals surface area contributed by atoms with Crippen LogP contribution in [0.1, 0.15) is 31.8 Å². The fraction of sp³-hybridized carbons (Fsp3) is 0.0909. The number of ether oxygens (including phenoxy) is 1. The minimum Gasteiger partial charge on any atom is -0.487 e. The molecule has 0 fully saturated rings. The Hall–Kier alpha value is -2.15. The summed E-state index contributed by atoms with van der Waals surface area (Å²) in [5.74, 6) is -1.93. The third-order valence-electron chi connectivity index (χ3n) is 4.37. The number of carboxylic acids is 1. The van der Waals surface area contributed by atoms with Crippen molar-refractivity contribution in [2.75, 3.05) is 5.32 Å². The number of carbonyl (C=O) groups excluding carboxylic acids is 1. The summed E-state index contributed by atoms with van der Waals surface area (Å²) in [6.07, 6.45) is 0. The van der Waals surface area contributed by atoms with Gasteiger partial charge in [0, 0.05) is 5.69 Å². The zero-order chi connectivity index (χ0) is 23.6. The molecule has 2 N–H and O–H groups in total. The van der Waals surface area contributed by atoms with Crippen LogP contribution in [0.4, 0.5) is 5.69 Å². The van der Waals surface area contributed by atoms with E-state index in [1.807, 2.05) is 31.2 Å². The minimum atomic E-state index is -1.49. The molecule has 0 atom stereocenters. The zero-order valence-corrected chi connectivity index (χ0v) is 20.1. The number of hydrogen-bond acceptors (Lipinski definition) is 3. The van der Waals surface area contributed by atoms with Crippen molar-refractivity contribution < 1.29 is 19.4 Å². The molecule has 0 saturated carbocycles. The number of aromatic carboxylic acids is 1. The Labute approximate surface area is 208 Å². The SMILES string of the molecule is Cc1cccc(COc2ccc(NC(=O)c3c(Cl)c(Cl)c(Cl)c(Cl)c3C(=O)O)cc2Cl)c1. The molecular formula is C22H14Cl5NO4. The van der Waals surface area contributed by atoms with Crippen molar-refractivity contribution in [1.82, 2.24) is 0 Å². The Morgan fingerprint density at radius 1 is 0.906 bits per heavy atom. The fourth-order valence-corrected chi connectivity index (χ4v) is 4.15. The number of carboxylic acid groups (broad SMARTS) is 1. The van der Waals surface area contributed by atoms with Crippen molar-refractivity contribution in [1.29, 1.82) is 0 Å². The van der Waals surface area contributed by atoms with Crippen LogP contribution >= 0.6 is 58.0 Å². The summed E-state index contributed by atoms with van der Waals surface area (Å²) < 4.78 is 5.74. The van der Waals surface area contributed by atoms with Gasteiger partial charge < -0.3 is 15.2 Å². The molecule has 1 amide bonds. The predicted molar refractivity (Wildman–Crippen MR) is 128 cm³/mol. The van der Waals surface area contributed by atoms with Crippen LogP contribution in [0.2, 0.25) is 25.1 Å². The summed E-state index contributed by atoms with van der Waals surface area (Å²) in [5.41, 5.74) is 1.38. The third-order valence-corrected chi connectivity index (χ3v) is 6.47. The highest BCUT2D eigenvalue weighted by Crippen LogP contribution is 2.42. The molecule has 3 rings (SSSR count). The van der Waals surface area contributed by atoms with Crippen LogP contribution in [-0.4, -0.2) is 17.0 Å². The van der Waals surface area contributed by atoms with Gasteiger partial charge in [0.15, 0.2) is 0 Å². The van der Waals surface area contributed by atoms with E-state index in [2.05, 4.69) is 5.32 Å². The number of aryl methyl sites for hydroxylation is 1. The molecule has 0 aromatic heterocycles. The van der Waals surface area contributed by atoms with Gasteiger partial charge in [0.2, 0.25) is 0 Å². The monoisotopic (exact) mass is 531 g/mol. The van der Waals surface area contributed by atoms with Crippen molar-refractivity contribution in [3.63, 3.8) is 0 Å². The molecule has 0 aliphatic heterocycles. The normalized spacial score (nSPS) is 10.7. The molecule has 3 aromatic rings. The highest BCUT2D eigenvalue weighted by Gasteiger charge is 2.29. The van der Waals surface area contributed by atoms with Crippen LogP contribution in [-0.2, 0) is 6.61 Å². The van der Waals surface area contributed by atoms with Crippen LogP contribution in [0.3, 0.4) is 0 Å². The lowest BCUT2D eigenvalue weighted by Gasteiger charge is -2.15. The lowest BCUT2D eigenvalue weighted by molar-refractivity contribution is 0.0692. The maximum Gasteiger partial charge on any atom is 0.338 e. The molecule has 0 saturated heterocycles. The Balaban J connectivity index is 1.83. The smallest absolute Gasteiger partial charge is 0.338 e. The minimum absolute atomic E-state index is 0.230. The van der Waals surface area contributed by atoms with Crippen LogP contribution in [0.25, 0.3) is 0 Å². The molecular weight excluding hydrogens is 520 g/mol. The quantitative estimate of drug-likeness (QED) is 0.250. The van der Waals surface area contributed by atoms with Gasteiger partial charge in [0.25, 0.3) is 5.91 Å². The molecule has 0 unspecified atom stereocenters. The van der Waals surface area contributed by atoms with E-state index in [9.17, 15) is 14.7 Å². The second-order valence-corrected chi connectivity index (χ2v) is 8.61. The molecule has 0 spiro atoms. The molecule has 0 bridgehead atoms. The summed E-state index contributed by atoms with van der Waals surface area (Å²) in [4.78, 5) is 24.5. The van der Waals surface area contributed by atoms with E-state index in [1.165, 1.54) is 6.07 Å². The number of rotatable bonds is 6. The van der Waals surface area contributed by atoms with Crippen molar-refractivity contribution >= 4 is 75.6 Å². The van der Waals surface area contributed by atoms with Gasteiger partial charge in [0.1, 0.15) is 12.4 Å². The van der Waals surface area contributed by atoms with Crippen LogP contribution in [0, 0.1) is 6.92 Å². The number of benzene rings is 3. The van der Waals surface area contributed by atoms with E-state index in [0.717, 1.165) is 11.1 Å². The summed E-state index contributed by atoms with van der Waals surface area (Å²) in [6.45, 7) is 2.30. The number of carbonyl (C=O) groups is 2. The van der Waals surface area contributed by atoms with E-state index in [4.69, 9.17) is 62.7 Å². The molecule has 10 heteroatoms. The summed E-state index contributed by atoms with van der Waals surface area (Å²) in [7, 11) is 0. The highest BCUT2D eigenvalue weighted by molar-refractivity contribution is 6.54.